The monoisotopic (exact) mass is 439 g/mol. The molecule has 0 amide bonds. The van der Waals surface area contributed by atoms with E-state index in [1.54, 1.807) is 35.5 Å². The van der Waals surface area contributed by atoms with Gasteiger partial charge in [0.1, 0.15) is 0 Å². The van der Waals surface area contributed by atoms with Gasteiger partial charge in [-0.3, -0.25) is 4.79 Å². The number of carbonyl (C=O) groups is 1. The average molecular weight is 440 g/mol. The molecular formula is C23H37NO7. The maximum Gasteiger partial charge on any atom is 0.306 e. The van der Waals surface area contributed by atoms with Crippen LogP contribution in [0, 0.1) is 5.92 Å². The van der Waals surface area contributed by atoms with E-state index in [1.807, 2.05) is 26.0 Å². The molecule has 1 N–H and O–H groups in total. The van der Waals surface area contributed by atoms with Gasteiger partial charge in [0.05, 0.1) is 39.9 Å². The summed E-state index contributed by atoms with van der Waals surface area (Å²) in [5.74, 6) is 0.698. The van der Waals surface area contributed by atoms with E-state index in [0.717, 1.165) is 24.8 Å². The van der Waals surface area contributed by atoms with E-state index in [0.29, 0.717) is 30.2 Å². The van der Waals surface area contributed by atoms with Crippen LogP contribution in [0.15, 0.2) is 12.1 Å². The van der Waals surface area contributed by atoms with Gasteiger partial charge in [-0.1, -0.05) is 6.07 Å². The summed E-state index contributed by atoms with van der Waals surface area (Å²) in [6.07, 6.45) is 2.67. The fourth-order valence-electron chi connectivity index (χ4n) is 4.42. The molecule has 0 aliphatic heterocycles. The third kappa shape index (κ3) is 5.81. The third-order valence-electron chi connectivity index (χ3n) is 5.83. The summed E-state index contributed by atoms with van der Waals surface area (Å²) < 4.78 is 33.6. The minimum Gasteiger partial charge on any atom is -0.493 e. The molecule has 0 aromatic heterocycles. The highest BCUT2D eigenvalue weighted by atomic mass is 16.7. The molecule has 0 spiro atoms. The van der Waals surface area contributed by atoms with E-state index >= 15 is 0 Å². The minimum absolute atomic E-state index is 0.00559. The first-order valence-corrected chi connectivity index (χ1v) is 10.7. The maximum absolute atomic E-state index is 12.4. The zero-order valence-electron chi connectivity index (χ0n) is 19.8. The van der Waals surface area contributed by atoms with Crippen LogP contribution in [-0.2, 0) is 25.5 Å². The molecule has 1 aliphatic carbocycles. The number of rotatable bonds is 11. The summed E-state index contributed by atoms with van der Waals surface area (Å²) in [6.45, 7) is 4.18. The van der Waals surface area contributed by atoms with Crippen LogP contribution in [0.2, 0.25) is 0 Å². The van der Waals surface area contributed by atoms with Crippen LogP contribution in [0.1, 0.15) is 45.1 Å². The molecule has 0 unspecified atom stereocenters. The van der Waals surface area contributed by atoms with Crippen molar-refractivity contribution in [3.05, 3.63) is 17.7 Å². The van der Waals surface area contributed by atoms with Crippen molar-refractivity contribution in [2.45, 2.75) is 64.0 Å². The molecule has 1 aliphatic rings. The quantitative estimate of drug-likeness (QED) is 0.415. The van der Waals surface area contributed by atoms with E-state index in [2.05, 4.69) is 5.32 Å². The van der Waals surface area contributed by atoms with Gasteiger partial charge in [-0.05, 0) is 38.7 Å². The largest absolute Gasteiger partial charge is 0.493 e. The average Bonchev–Trinajstić information content (AvgIpc) is 2.76. The molecule has 1 fully saturated rings. The van der Waals surface area contributed by atoms with Gasteiger partial charge in [0.25, 0.3) is 0 Å². The van der Waals surface area contributed by atoms with E-state index in [4.69, 9.17) is 28.4 Å². The number of hydrogen-bond acceptors (Lipinski definition) is 8. The standard InChI is InChI=1S/C23H37NO7/c1-15(2)31-19(25)13-16-9-8-12-23(29-6,30-7)22(16)24-14-17-10-11-18(26-3)21(28-5)20(17)27-4/h10-11,15-16,22,24H,8-9,12-14H2,1-7H3/t16-,22+/m1/s1. The van der Waals surface area contributed by atoms with Gasteiger partial charge in [-0.25, -0.2) is 0 Å². The van der Waals surface area contributed by atoms with Gasteiger partial charge >= 0.3 is 5.97 Å². The van der Waals surface area contributed by atoms with Crippen molar-refractivity contribution in [2.24, 2.45) is 5.92 Å². The zero-order valence-corrected chi connectivity index (χ0v) is 19.8. The molecule has 8 nitrogen and oxygen atoms in total. The molecule has 0 heterocycles. The summed E-state index contributed by atoms with van der Waals surface area (Å²) in [4.78, 5) is 12.4. The van der Waals surface area contributed by atoms with Gasteiger partial charge in [0.15, 0.2) is 17.3 Å². The number of hydrogen-bond donors (Lipinski definition) is 1. The molecule has 0 radical (unpaired) electrons. The SMILES string of the molecule is COc1ccc(CN[C@H]2[C@@H](CC(=O)OC(C)C)CCCC2(OC)OC)c(OC)c1OC. The molecule has 2 rings (SSSR count). The Hall–Kier alpha value is -2.03. The van der Waals surface area contributed by atoms with E-state index in [9.17, 15) is 4.79 Å². The molecule has 176 valence electrons. The third-order valence-corrected chi connectivity index (χ3v) is 5.83. The van der Waals surface area contributed by atoms with Crippen LogP contribution < -0.4 is 19.5 Å². The number of nitrogens with one attached hydrogen (secondary N) is 1. The Morgan fingerprint density at radius 1 is 1.06 bits per heavy atom. The molecule has 1 aromatic rings. The topological polar surface area (TPSA) is 84.5 Å². The van der Waals surface area contributed by atoms with Gasteiger partial charge in [0, 0.05) is 32.7 Å². The van der Waals surface area contributed by atoms with Crippen molar-refractivity contribution in [2.75, 3.05) is 35.5 Å². The summed E-state index contributed by atoms with van der Waals surface area (Å²) >= 11 is 0. The first-order chi connectivity index (χ1) is 14.8. The first kappa shape index (κ1) is 25.2. The second kappa shape index (κ2) is 11.5. The van der Waals surface area contributed by atoms with Crippen molar-refractivity contribution in [1.82, 2.24) is 5.32 Å². The number of benzene rings is 1. The smallest absolute Gasteiger partial charge is 0.306 e. The Kier molecular flexibility index (Phi) is 9.40. The molecule has 1 aromatic carbocycles. The number of carbonyl (C=O) groups excluding carboxylic acids is 1. The predicted octanol–water partition coefficient (Wildman–Crippen LogP) is 3.30. The highest BCUT2D eigenvalue weighted by molar-refractivity contribution is 5.70. The minimum atomic E-state index is -0.829. The van der Waals surface area contributed by atoms with E-state index < -0.39 is 5.79 Å². The van der Waals surface area contributed by atoms with Crippen molar-refractivity contribution in [3.8, 4) is 17.2 Å². The first-order valence-electron chi connectivity index (χ1n) is 10.7. The van der Waals surface area contributed by atoms with Crippen molar-refractivity contribution in [1.29, 1.82) is 0 Å². The molecule has 8 heteroatoms. The Labute approximate surface area is 185 Å². The normalized spacial score (nSPS) is 20.4. The van der Waals surface area contributed by atoms with Crippen LogP contribution in [0.5, 0.6) is 17.2 Å². The van der Waals surface area contributed by atoms with Crippen molar-refractivity contribution < 1.29 is 33.2 Å². The summed E-state index contributed by atoms with van der Waals surface area (Å²) in [7, 11) is 8.05. The fourth-order valence-corrected chi connectivity index (χ4v) is 4.42. The van der Waals surface area contributed by atoms with Gasteiger partial charge in [0.2, 0.25) is 5.75 Å². The van der Waals surface area contributed by atoms with Crippen molar-refractivity contribution in [3.63, 3.8) is 0 Å². The highest BCUT2D eigenvalue weighted by Gasteiger charge is 2.47. The summed E-state index contributed by atoms with van der Waals surface area (Å²) in [6, 6.07) is 3.56. The van der Waals surface area contributed by atoms with E-state index in [1.165, 1.54) is 0 Å². The molecule has 1 saturated carbocycles. The predicted molar refractivity (Wildman–Crippen MR) is 117 cm³/mol. The van der Waals surface area contributed by atoms with Gasteiger partial charge in [-0.2, -0.15) is 0 Å². The molecule has 0 bridgehead atoms. The van der Waals surface area contributed by atoms with Crippen LogP contribution in [-0.4, -0.2) is 59.5 Å². The van der Waals surface area contributed by atoms with Crippen LogP contribution in [0.25, 0.3) is 0 Å². The van der Waals surface area contributed by atoms with Crippen LogP contribution in [0.3, 0.4) is 0 Å². The lowest BCUT2D eigenvalue weighted by atomic mass is 9.77. The Morgan fingerprint density at radius 2 is 1.74 bits per heavy atom. The Balaban J connectivity index is 2.29. The summed E-state index contributed by atoms with van der Waals surface area (Å²) in [5.41, 5.74) is 0.898. The Morgan fingerprint density at radius 3 is 2.29 bits per heavy atom. The Bertz CT molecular complexity index is 718. The summed E-state index contributed by atoms with van der Waals surface area (Å²) in [5, 5.41) is 3.57. The van der Waals surface area contributed by atoms with Crippen molar-refractivity contribution >= 4 is 5.97 Å². The lowest BCUT2D eigenvalue weighted by molar-refractivity contribution is -0.249. The van der Waals surface area contributed by atoms with Gasteiger partial charge in [-0.15, -0.1) is 0 Å². The molecule has 31 heavy (non-hydrogen) atoms. The zero-order chi connectivity index (χ0) is 23.0. The lowest BCUT2D eigenvalue weighted by Crippen LogP contribution is -2.59. The molecular weight excluding hydrogens is 402 g/mol. The van der Waals surface area contributed by atoms with Crippen LogP contribution in [0.4, 0.5) is 0 Å². The van der Waals surface area contributed by atoms with Crippen LogP contribution >= 0.6 is 0 Å². The number of methoxy groups -OCH3 is 5. The fraction of sp³-hybridized carbons (Fsp3) is 0.696. The lowest BCUT2D eigenvalue weighted by Gasteiger charge is -2.46. The second-order valence-electron chi connectivity index (χ2n) is 7.97. The number of ether oxygens (including phenoxy) is 6. The highest BCUT2D eigenvalue weighted by Crippen LogP contribution is 2.41. The second-order valence-corrected chi connectivity index (χ2v) is 7.97. The van der Waals surface area contributed by atoms with Gasteiger partial charge < -0.3 is 33.7 Å². The number of esters is 1. The molecule has 2 atom stereocenters. The maximum atomic E-state index is 12.4. The van der Waals surface area contributed by atoms with E-state index in [-0.39, 0.29) is 24.0 Å². The molecule has 0 saturated heterocycles.